The van der Waals surface area contributed by atoms with E-state index in [-0.39, 0.29) is 0 Å². The van der Waals surface area contributed by atoms with Crippen LogP contribution in [0.5, 0.6) is 0 Å². The Balaban J connectivity index is 1.31. The molecule has 2 N–H and O–H groups in total. The summed E-state index contributed by atoms with van der Waals surface area (Å²) in [4.78, 5) is 13.7. The fraction of sp³-hybridized carbons (Fsp3) is 0.120. The average Bonchev–Trinajstić information content (AvgIpc) is 3.53. The van der Waals surface area contributed by atoms with Crippen LogP contribution in [0.25, 0.3) is 33.5 Å². The highest BCUT2D eigenvalue weighted by molar-refractivity contribution is 5.95. The van der Waals surface area contributed by atoms with E-state index in [4.69, 9.17) is 0 Å². The van der Waals surface area contributed by atoms with Crippen LogP contribution in [-0.2, 0) is 6.54 Å². The third kappa shape index (κ3) is 3.61. The van der Waals surface area contributed by atoms with Crippen molar-refractivity contribution in [3.63, 3.8) is 0 Å². The highest BCUT2D eigenvalue weighted by Gasteiger charge is 2.17. The Morgan fingerprint density at radius 2 is 1.79 bits per heavy atom. The summed E-state index contributed by atoms with van der Waals surface area (Å²) in [5, 5.41) is 17.5. The number of fused-ring (bicyclic) bond motifs is 2. The summed E-state index contributed by atoms with van der Waals surface area (Å²) in [7, 11) is 0. The SMILES string of the molecule is CC1C=Nc2ccc(-c3cc(NCc4ccc(-c5nnn[nH]5)cc4)cc4nccnc34)cc21. The van der Waals surface area contributed by atoms with Gasteiger partial charge in [-0.1, -0.05) is 37.3 Å². The number of aromatic amines is 1. The number of aromatic nitrogens is 6. The smallest absolute Gasteiger partial charge is 0.179 e. The standard InChI is InChI=1S/C25H20N8/c1-15-13-29-22-7-6-18(10-20(15)22)21-11-19(12-23-24(21)27-9-8-26-23)28-14-16-2-4-17(5-3-16)25-30-32-33-31-25/h2-13,15,28H,14H2,1H3,(H,30,31,32,33). The molecule has 0 spiro atoms. The van der Waals surface area contributed by atoms with Gasteiger partial charge in [-0.05, 0) is 51.4 Å². The van der Waals surface area contributed by atoms with Gasteiger partial charge in [0.25, 0.3) is 0 Å². The predicted octanol–water partition coefficient (Wildman–Crippen LogP) is 4.91. The second-order valence-electron chi connectivity index (χ2n) is 8.09. The molecule has 0 aliphatic carbocycles. The molecule has 160 valence electrons. The van der Waals surface area contributed by atoms with Crippen molar-refractivity contribution in [1.29, 1.82) is 0 Å². The third-order valence-corrected chi connectivity index (χ3v) is 5.91. The molecule has 6 rings (SSSR count). The van der Waals surface area contributed by atoms with Crippen LogP contribution in [0.4, 0.5) is 11.4 Å². The Morgan fingerprint density at radius 3 is 2.64 bits per heavy atom. The van der Waals surface area contributed by atoms with E-state index in [1.807, 2.05) is 24.4 Å². The van der Waals surface area contributed by atoms with Crippen LogP contribution >= 0.6 is 0 Å². The lowest BCUT2D eigenvalue weighted by atomic mass is 9.96. The molecular formula is C25H20N8. The first-order chi connectivity index (χ1) is 16.2. The van der Waals surface area contributed by atoms with Gasteiger partial charge in [0.15, 0.2) is 5.82 Å². The minimum absolute atomic E-state index is 0.314. The highest BCUT2D eigenvalue weighted by Crippen LogP contribution is 2.37. The number of nitrogens with zero attached hydrogens (tertiary/aromatic N) is 6. The van der Waals surface area contributed by atoms with Gasteiger partial charge in [0.05, 0.1) is 16.7 Å². The van der Waals surface area contributed by atoms with Crippen molar-refractivity contribution in [1.82, 2.24) is 30.6 Å². The maximum absolute atomic E-state index is 4.62. The molecular weight excluding hydrogens is 412 g/mol. The molecule has 8 heteroatoms. The summed E-state index contributed by atoms with van der Waals surface area (Å²) >= 11 is 0. The van der Waals surface area contributed by atoms with Crippen LogP contribution in [0, 0.1) is 0 Å². The van der Waals surface area contributed by atoms with E-state index in [1.54, 1.807) is 12.4 Å². The van der Waals surface area contributed by atoms with Crippen molar-refractivity contribution in [2.24, 2.45) is 4.99 Å². The first kappa shape index (κ1) is 19.2. The van der Waals surface area contributed by atoms with Crippen molar-refractivity contribution >= 4 is 28.6 Å². The Hall–Kier alpha value is -4.46. The summed E-state index contributed by atoms with van der Waals surface area (Å²) in [6.45, 7) is 2.84. The van der Waals surface area contributed by atoms with E-state index >= 15 is 0 Å². The van der Waals surface area contributed by atoms with Crippen molar-refractivity contribution in [3.8, 4) is 22.5 Å². The highest BCUT2D eigenvalue weighted by atomic mass is 15.5. The lowest BCUT2D eigenvalue weighted by molar-refractivity contribution is 0.881. The molecule has 1 aliphatic heterocycles. The Labute approximate surface area is 189 Å². The number of rotatable bonds is 5. The minimum Gasteiger partial charge on any atom is -0.381 e. The fourth-order valence-corrected chi connectivity index (χ4v) is 4.14. The van der Waals surface area contributed by atoms with E-state index in [2.05, 4.69) is 84.2 Å². The minimum atomic E-state index is 0.314. The van der Waals surface area contributed by atoms with Gasteiger partial charge in [-0.3, -0.25) is 15.0 Å². The number of H-pyrrole nitrogens is 1. The van der Waals surface area contributed by atoms with Gasteiger partial charge in [0.1, 0.15) is 0 Å². The van der Waals surface area contributed by atoms with Gasteiger partial charge in [0, 0.05) is 47.9 Å². The number of tetrazole rings is 1. The van der Waals surface area contributed by atoms with Gasteiger partial charge in [-0.15, -0.1) is 5.10 Å². The zero-order valence-corrected chi connectivity index (χ0v) is 17.9. The van der Waals surface area contributed by atoms with Crippen molar-refractivity contribution in [3.05, 3.63) is 78.1 Å². The Kier molecular flexibility index (Phi) is 4.61. The van der Waals surface area contributed by atoms with Crippen LogP contribution < -0.4 is 5.32 Å². The number of nitrogens with one attached hydrogen (secondary N) is 2. The lowest BCUT2D eigenvalue weighted by Gasteiger charge is -2.13. The second kappa shape index (κ2) is 7.90. The van der Waals surface area contributed by atoms with Gasteiger partial charge < -0.3 is 5.32 Å². The molecule has 1 atom stereocenters. The zero-order valence-electron chi connectivity index (χ0n) is 17.9. The topological polar surface area (TPSA) is 105 Å². The van der Waals surface area contributed by atoms with Gasteiger partial charge >= 0.3 is 0 Å². The summed E-state index contributed by atoms with van der Waals surface area (Å²) in [6.07, 6.45) is 5.46. The quantitative estimate of drug-likeness (QED) is 0.409. The Bertz CT molecular complexity index is 1470. The molecule has 1 aliphatic rings. The van der Waals surface area contributed by atoms with E-state index in [9.17, 15) is 0 Å². The maximum atomic E-state index is 4.62. The molecule has 0 radical (unpaired) electrons. The molecule has 0 fully saturated rings. The third-order valence-electron chi connectivity index (χ3n) is 5.91. The molecule has 1 unspecified atom stereocenters. The van der Waals surface area contributed by atoms with E-state index in [0.717, 1.165) is 44.7 Å². The first-order valence-corrected chi connectivity index (χ1v) is 10.7. The summed E-state index contributed by atoms with van der Waals surface area (Å²) < 4.78 is 0. The number of hydrogen-bond donors (Lipinski definition) is 2. The van der Waals surface area contributed by atoms with Crippen LogP contribution in [0.15, 0.2) is 72.0 Å². The normalized spacial score (nSPS) is 14.5. The van der Waals surface area contributed by atoms with Gasteiger partial charge in [-0.25, -0.2) is 5.10 Å². The van der Waals surface area contributed by atoms with Gasteiger partial charge in [-0.2, -0.15) is 0 Å². The molecule has 3 heterocycles. The summed E-state index contributed by atoms with van der Waals surface area (Å²) in [5.41, 5.74) is 9.28. The zero-order chi connectivity index (χ0) is 22.2. The van der Waals surface area contributed by atoms with Crippen molar-refractivity contribution in [2.75, 3.05) is 5.32 Å². The molecule has 8 nitrogen and oxygen atoms in total. The van der Waals surface area contributed by atoms with Crippen LogP contribution in [0.3, 0.4) is 0 Å². The molecule has 3 aromatic carbocycles. The maximum Gasteiger partial charge on any atom is 0.179 e. The van der Waals surface area contributed by atoms with Crippen LogP contribution in [-0.4, -0.2) is 36.8 Å². The van der Waals surface area contributed by atoms with Crippen molar-refractivity contribution < 1.29 is 0 Å². The second-order valence-corrected chi connectivity index (χ2v) is 8.09. The monoisotopic (exact) mass is 432 g/mol. The average molecular weight is 432 g/mol. The van der Waals surface area contributed by atoms with Crippen LogP contribution in [0.2, 0.25) is 0 Å². The number of anilines is 1. The van der Waals surface area contributed by atoms with E-state index in [0.29, 0.717) is 18.3 Å². The van der Waals surface area contributed by atoms with E-state index in [1.165, 1.54) is 5.56 Å². The summed E-state index contributed by atoms with van der Waals surface area (Å²) in [6, 6.07) is 18.7. The van der Waals surface area contributed by atoms with Crippen LogP contribution in [0.1, 0.15) is 24.0 Å². The largest absolute Gasteiger partial charge is 0.381 e. The number of hydrogen-bond acceptors (Lipinski definition) is 7. The molecule has 0 amide bonds. The molecule has 0 bridgehead atoms. The predicted molar refractivity (Wildman–Crippen MR) is 128 cm³/mol. The Morgan fingerprint density at radius 1 is 0.939 bits per heavy atom. The van der Waals surface area contributed by atoms with Crippen molar-refractivity contribution in [2.45, 2.75) is 19.4 Å². The lowest BCUT2D eigenvalue weighted by Crippen LogP contribution is -2.01. The molecule has 0 saturated carbocycles. The molecule has 33 heavy (non-hydrogen) atoms. The molecule has 2 aromatic heterocycles. The fourth-order valence-electron chi connectivity index (χ4n) is 4.14. The summed E-state index contributed by atoms with van der Waals surface area (Å²) in [5.74, 6) is 0.968. The number of benzene rings is 3. The number of aliphatic imine (C=N–C) groups is 1. The molecule has 5 aromatic rings. The van der Waals surface area contributed by atoms with Gasteiger partial charge in [0.2, 0.25) is 0 Å². The molecule has 0 saturated heterocycles. The first-order valence-electron chi connectivity index (χ1n) is 10.7. The van der Waals surface area contributed by atoms with E-state index < -0.39 is 0 Å².